The Morgan fingerprint density at radius 1 is 1.21 bits per heavy atom. The lowest BCUT2D eigenvalue weighted by Gasteiger charge is -2.34. The van der Waals surface area contributed by atoms with E-state index in [9.17, 15) is 4.79 Å². The van der Waals surface area contributed by atoms with Crippen molar-refractivity contribution in [3.8, 4) is 0 Å². The lowest BCUT2D eigenvalue weighted by Crippen LogP contribution is -2.35. The number of hydrogen-bond acceptors (Lipinski definition) is 3. The summed E-state index contributed by atoms with van der Waals surface area (Å²) in [5.74, 6) is -0.0954. The minimum atomic E-state index is -0.0954. The molecule has 0 N–H and O–H groups in total. The van der Waals surface area contributed by atoms with Gasteiger partial charge in [0.1, 0.15) is 0 Å². The van der Waals surface area contributed by atoms with E-state index in [1.807, 2.05) is 25.1 Å². The highest BCUT2D eigenvalue weighted by atomic mass is 16.5. The van der Waals surface area contributed by atoms with Crippen LogP contribution in [-0.2, 0) is 9.53 Å². The normalized spacial score (nSPS) is 17.9. The van der Waals surface area contributed by atoms with Crippen LogP contribution in [0.2, 0.25) is 0 Å². The third-order valence-electron chi connectivity index (χ3n) is 3.68. The summed E-state index contributed by atoms with van der Waals surface area (Å²) in [4.78, 5) is 14.2. The number of esters is 1. The number of likely N-dealkylation sites (tertiary alicyclic amines) is 1. The van der Waals surface area contributed by atoms with Crippen LogP contribution in [0, 0.1) is 0 Å². The van der Waals surface area contributed by atoms with Crippen LogP contribution in [0.5, 0.6) is 0 Å². The SMILES string of the molecule is CCOC(=O)C[C@@H](c1ccccc1)N1CCCCC1. The summed E-state index contributed by atoms with van der Waals surface area (Å²) in [7, 11) is 0. The van der Waals surface area contributed by atoms with Crippen molar-refractivity contribution in [3.05, 3.63) is 35.9 Å². The summed E-state index contributed by atoms with van der Waals surface area (Å²) >= 11 is 0. The zero-order chi connectivity index (χ0) is 13.5. The highest BCUT2D eigenvalue weighted by Gasteiger charge is 2.25. The van der Waals surface area contributed by atoms with Crippen molar-refractivity contribution < 1.29 is 9.53 Å². The molecule has 1 aliphatic rings. The van der Waals surface area contributed by atoms with Gasteiger partial charge in [0.2, 0.25) is 0 Å². The molecule has 0 aliphatic carbocycles. The lowest BCUT2D eigenvalue weighted by molar-refractivity contribution is -0.144. The Labute approximate surface area is 115 Å². The molecule has 0 unspecified atom stereocenters. The number of carbonyl (C=O) groups excluding carboxylic acids is 1. The van der Waals surface area contributed by atoms with Crippen molar-refractivity contribution in [2.45, 2.75) is 38.6 Å². The molecule has 0 bridgehead atoms. The van der Waals surface area contributed by atoms with Crippen LogP contribution in [-0.4, -0.2) is 30.6 Å². The van der Waals surface area contributed by atoms with Gasteiger partial charge in [-0.25, -0.2) is 0 Å². The van der Waals surface area contributed by atoms with Crippen molar-refractivity contribution in [3.63, 3.8) is 0 Å². The maximum absolute atomic E-state index is 11.8. The average molecular weight is 261 g/mol. The van der Waals surface area contributed by atoms with Gasteiger partial charge < -0.3 is 4.74 Å². The van der Waals surface area contributed by atoms with Gasteiger partial charge in [-0.1, -0.05) is 36.8 Å². The van der Waals surface area contributed by atoms with E-state index >= 15 is 0 Å². The summed E-state index contributed by atoms with van der Waals surface area (Å²) in [6.45, 7) is 4.48. The van der Waals surface area contributed by atoms with Gasteiger partial charge in [0.05, 0.1) is 13.0 Å². The van der Waals surface area contributed by atoms with Gasteiger partial charge in [-0.05, 0) is 38.4 Å². The van der Waals surface area contributed by atoms with E-state index in [0.717, 1.165) is 13.1 Å². The molecule has 1 atom stereocenters. The first kappa shape index (κ1) is 14.1. The molecule has 0 aromatic heterocycles. The molecule has 1 aromatic rings. The van der Waals surface area contributed by atoms with Crippen molar-refractivity contribution in [1.82, 2.24) is 4.90 Å². The Morgan fingerprint density at radius 2 is 1.89 bits per heavy atom. The van der Waals surface area contributed by atoms with Crippen molar-refractivity contribution >= 4 is 5.97 Å². The molecule has 1 heterocycles. The van der Waals surface area contributed by atoms with Gasteiger partial charge >= 0.3 is 5.97 Å². The van der Waals surface area contributed by atoms with E-state index in [-0.39, 0.29) is 12.0 Å². The highest BCUT2D eigenvalue weighted by molar-refractivity contribution is 5.70. The van der Waals surface area contributed by atoms with Crippen molar-refractivity contribution in [2.75, 3.05) is 19.7 Å². The van der Waals surface area contributed by atoms with Crippen molar-refractivity contribution in [2.24, 2.45) is 0 Å². The molecule has 0 radical (unpaired) electrons. The molecule has 1 aromatic carbocycles. The van der Waals surface area contributed by atoms with Crippen LogP contribution in [0.1, 0.15) is 44.2 Å². The molecule has 2 rings (SSSR count). The second-order valence-electron chi connectivity index (χ2n) is 5.03. The summed E-state index contributed by atoms with van der Waals surface area (Å²) < 4.78 is 5.12. The number of benzene rings is 1. The molecular weight excluding hydrogens is 238 g/mol. The number of carbonyl (C=O) groups is 1. The average Bonchev–Trinajstić information content (AvgIpc) is 2.47. The first-order chi connectivity index (χ1) is 9.31. The third kappa shape index (κ3) is 4.06. The minimum Gasteiger partial charge on any atom is -0.466 e. The van der Waals surface area contributed by atoms with E-state index in [2.05, 4.69) is 17.0 Å². The Bertz CT molecular complexity index is 385. The minimum absolute atomic E-state index is 0.0954. The lowest BCUT2D eigenvalue weighted by atomic mass is 9.99. The maximum atomic E-state index is 11.8. The molecule has 1 saturated heterocycles. The van der Waals surface area contributed by atoms with E-state index in [1.165, 1.54) is 24.8 Å². The summed E-state index contributed by atoms with van der Waals surface area (Å²) in [5, 5.41) is 0. The fourth-order valence-electron chi connectivity index (χ4n) is 2.74. The first-order valence-electron chi connectivity index (χ1n) is 7.26. The Hall–Kier alpha value is -1.35. The number of piperidine rings is 1. The number of hydrogen-bond donors (Lipinski definition) is 0. The van der Waals surface area contributed by atoms with Gasteiger partial charge in [0.25, 0.3) is 0 Å². The molecule has 1 aliphatic heterocycles. The second kappa shape index (κ2) is 7.29. The molecule has 3 nitrogen and oxygen atoms in total. The zero-order valence-corrected chi connectivity index (χ0v) is 11.7. The van der Waals surface area contributed by atoms with Crippen LogP contribution in [0.4, 0.5) is 0 Å². The predicted octanol–water partition coefficient (Wildman–Crippen LogP) is 3.17. The molecule has 1 fully saturated rings. The fourth-order valence-corrected chi connectivity index (χ4v) is 2.74. The molecule has 0 saturated carbocycles. The molecule has 0 spiro atoms. The highest BCUT2D eigenvalue weighted by Crippen LogP contribution is 2.27. The molecule has 104 valence electrons. The standard InChI is InChI=1S/C16H23NO2/c1-2-19-16(18)13-15(14-9-5-3-6-10-14)17-11-7-4-8-12-17/h3,5-6,9-10,15H,2,4,7-8,11-13H2,1H3/t15-/m0/s1. The zero-order valence-electron chi connectivity index (χ0n) is 11.7. The van der Waals surface area contributed by atoms with E-state index in [1.54, 1.807) is 0 Å². The molecule has 19 heavy (non-hydrogen) atoms. The van der Waals surface area contributed by atoms with E-state index < -0.39 is 0 Å². The van der Waals surface area contributed by atoms with Gasteiger partial charge in [-0.2, -0.15) is 0 Å². The fraction of sp³-hybridized carbons (Fsp3) is 0.562. The Morgan fingerprint density at radius 3 is 2.53 bits per heavy atom. The van der Waals surface area contributed by atoms with Crippen LogP contribution < -0.4 is 0 Å². The quantitative estimate of drug-likeness (QED) is 0.762. The number of nitrogens with zero attached hydrogens (tertiary/aromatic N) is 1. The van der Waals surface area contributed by atoms with E-state index in [0.29, 0.717) is 13.0 Å². The summed E-state index contributed by atoms with van der Waals surface area (Å²) in [6, 6.07) is 10.5. The molecule has 0 amide bonds. The maximum Gasteiger partial charge on any atom is 0.307 e. The topological polar surface area (TPSA) is 29.5 Å². The molecular formula is C16H23NO2. The van der Waals surface area contributed by atoms with Gasteiger partial charge in [-0.3, -0.25) is 9.69 Å². The van der Waals surface area contributed by atoms with Crippen LogP contribution in [0.3, 0.4) is 0 Å². The largest absolute Gasteiger partial charge is 0.466 e. The van der Waals surface area contributed by atoms with Crippen LogP contribution >= 0.6 is 0 Å². The predicted molar refractivity (Wildman–Crippen MR) is 75.9 cm³/mol. The second-order valence-corrected chi connectivity index (χ2v) is 5.03. The Kier molecular flexibility index (Phi) is 5.40. The summed E-state index contributed by atoms with van der Waals surface area (Å²) in [6.07, 6.45) is 4.22. The number of ether oxygens (including phenoxy) is 1. The van der Waals surface area contributed by atoms with Crippen molar-refractivity contribution in [1.29, 1.82) is 0 Å². The van der Waals surface area contributed by atoms with Gasteiger partial charge in [0.15, 0.2) is 0 Å². The Balaban J connectivity index is 2.10. The van der Waals surface area contributed by atoms with Crippen LogP contribution in [0.15, 0.2) is 30.3 Å². The number of rotatable bonds is 5. The summed E-state index contributed by atoms with van der Waals surface area (Å²) in [5.41, 5.74) is 1.22. The smallest absolute Gasteiger partial charge is 0.307 e. The van der Waals surface area contributed by atoms with Gasteiger partial charge in [0, 0.05) is 6.04 Å². The van der Waals surface area contributed by atoms with Crippen LogP contribution in [0.25, 0.3) is 0 Å². The molecule has 3 heteroatoms. The van der Waals surface area contributed by atoms with Gasteiger partial charge in [-0.15, -0.1) is 0 Å². The third-order valence-corrected chi connectivity index (χ3v) is 3.68. The first-order valence-corrected chi connectivity index (χ1v) is 7.26. The monoisotopic (exact) mass is 261 g/mol. The van der Waals surface area contributed by atoms with E-state index in [4.69, 9.17) is 4.74 Å².